The molecule has 0 amide bonds. The van der Waals surface area contributed by atoms with Gasteiger partial charge in [0.15, 0.2) is 0 Å². The number of hydrogen-bond donors (Lipinski definition) is 0. The molecule has 0 aromatic heterocycles. The van der Waals surface area contributed by atoms with Crippen molar-refractivity contribution < 1.29 is 9.53 Å². The largest absolute Gasteiger partial charge is 0.465 e. The third-order valence-electron chi connectivity index (χ3n) is 1.53. The van der Waals surface area contributed by atoms with Crippen molar-refractivity contribution in [2.24, 2.45) is 0 Å². The summed E-state index contributed by atoms with van der Waals surface area (Å²) in [7, 11) is 1.36. The molecule has 0 aliphatic heterocycles. The van der Waals surface area contributed by atoms with Gasteiger partial charge in [0.1, 0.15) is 0 Å². The van der Waals surface area contributed by atoms with Crippen molar-refractivity contribution in [1.82, 2.24) is 0 Å². The van der Waals surface area contributed by atoms with Crippen LogP contribution in [0.3, 0.4) is 0 Å². The van der Waals surface area contributed by atoms with Crippen molar-refractivity contribution in [3.05, 3.63) is 35.4 Å². The maximum Gasteiger partial charge on any atom is 0.337 e. The van der Waals surface area contributed by atoms with Gasteiger partial charge in [-0.2, -0.15) is 9.90 Å². The Bertz CT molecular complexity index is 271. The first-order chi connectivity index (χ1) is 5.77. The van der Waals surface area contributed by atoms with E-state index in [0.29, 0.717) is 11.4 Å². The average molecular weight is 219 g/mol. The second-order valence-electron chi connectivity index (χ2n) is 2.32. The molecule has 0 radical (unpaired) electrons. The summed E-state index contributed by atoms with van der Waals surface area (Å²) >= 11 is 5.58. The SMILES string of the molecule is COC(=O)c1ccc(CCl)cc1.P. The number of methoxy groups -OCH3 is 1. The third-order valence-corrected chi connectivity index (χ3v) is 1.84. The van der Waals surface area contributed by atoms with E-state index in [0.717, 1.165) is 5.56 Å². The highest BCUT2D eigenvalue weighted by Crippen LogP contribution is 2.07. The first kappa shape index (κ1) is 12.4. The summed E-state index contributed by atoms with van der Waals surface area (Å²) in [5, 5.41) is 0. The average Bonchev–Trinajstić information content (AvgIpc) is 2.17. The van der Waals surface area contributed by atoms with E-state index >= 15 is 0 Å². The van der Waals surface area contributed by atoms with Crippen LogP contribution >= 0.6 is 21.5 Å². The second-order valence-corrected chi connectivity index (χ2v) is 2.59. The van der Waals surface area contributed by atoms with Gasteiger partial charge in [-0.25, -0.2) is 4.79 Å². The van der Waals surface area contributed by atoms with Gasteiger partial charge >= 0.3 is 5.97 Å². The van der Waals surface area contributed by atoms with Crippen LogP contribution < -0.4 is 0 Å². The lowest BCUT2D eigenvalue weighted by atomic mass is 10.1. The fraction of sp³-hybridized carbons (Fsp3) is 0.222. The lowest BCUT2D eigenvalue weighted by molar-refractivity contribution is 0.0601. The molecule has 0 fully saturated rings. The van der Waals surface area contributed by atoms with E-state index in [4.69, 9.17) is 11.6 Å². The minimum atomic E-state index is -0.323. The van der Waals surface area contributed by atoms with Crippen LogP contribution in [0.25, 0.3) is 0 Å². The zero-order valence-corrected chi connectivity index (χ0v) is 9.59. The number of alkyl halides is 1. The molecule has 1 aromatic carbocycles. The molecule has 1 aromatic rings. The van der Waals surface area contributed by atoms with Crippen molar-refractivity contribution in [2.75, 3.05) is 7.11 Å². The molecule has 0 heterocycles. The Morgan fingerprint density at radius 1 is 1.38 bits per heavy atom. The van der Waals surface area contributed by atoms with Gasteiger partial charge in [0.25, 0.3) is 0 Å². The van der Waals surface area contributed by atoms with Gasteiger partial charge < -0.3 is 4.74 Å². The van der Waals surface area contributed by atoms with Crippen LogP contribution in [-0.2, 0) is 10.6 Å². The number of ether oxygens (including phenoxy) is 1. The number of carbonyl (C=O) groups excluding carboxylic acids is 1. The first-order valence-electron chi connectivity index (χ1n) is 3.51. The normalized spacial score (nSPS) is 8.77. The van der Waals surface area contributed by atoms with Crippen molar-refractivity contribution in [3.8, 4) is 0 Å². The summed E-state index contributed by atoms with van der Waals surface area (Å²) in [5.74, 6) is 0.137. The molecule has 1 atom stereocenters. The van der Waals surface area contributed by atoms with Crippen LogP contribution in [0.15, 0.2) is 24.3 Å². The van der Waals surface area contributed by atoms with Crippen LogP contribution in [0.2, 0.25) is 0 Å². The summed E-state index contributed by atoms with van der Waals surface area (Å²) in [6, 6.07) is 7.01. The van der Waals surface area contributed by atoms with Gasteiger partial charge in [-0.3, -0.25) is 0 Å². The van der Waals surface area contributed by atoms with Crippen molar-refractivity contribution in [2.45, 2.75) is 5.88 Å². The van der Waals surface area contributed by atoms with Crippen LogP contribution in [0, 0.1) is 0 Å². The fourth-order valence-electron chi connectivity index (χ4n) is 0.848. The number of halogens is 1. The number of hydrogen-bond acceptors (Lipinski definition) is 2. The van der Waals surface area contributed by atoms with E-state index < -0.39 is 0 Å². The predicted molar refractivity (Wildman–Crippen MR) is 58.4 cm³/mol. The Labute approximate surface area is 85.9 Å². The molecule has 0 N–H and O–H groups in total. The van der Waals surface area contributed by atoms with Crippen molar-refractivity contribution in [1.29, 1.82) is 0 Å². The predicted octanol–water partition coefficient (Wildman–Crippen LogP) is 2.27. The van der Waals surface area contributed by atoms with Gasteiger partial charge in [-0.15, -0.1) is 11.6 Å². The quantitative estimate of drug-likeness (QED) is 0.433. The zero-order chi connectivity index (χ0) is 8.97. The lowest BCUT2D eigenvalue weighted by Crippen LogP contribution is -2.00. The summed E-state index contributed by atoms with van der Waals surface area (Å²) in [6.07, 6.45) is 0. The number of carbonyl (C=O) groups is 1. The minimum Gasteiger partial charge on any atom is -0.465 e. The summed E-state index contributed by atoms with van der Waals surface area (Å²) in [5.41, 5.74) is 1.54. The van der Waals surface area contributed by atoms with Gasteiger partial charge in [0.2, 0.25) is 0 Å². The van der Waals surface area contributed by atoms with Gasteiger partial charge in [0, 0.05) is 5.88 Å². The Hall–Kier alpha value is -0.590. The molecule has 0 aliphatic carbocycles. The van der Waals surface area contributed by atoms with Crippen molar-refractivity contribution >= 4 is 27.5 Å². The molecule has 0 aliphatic rings. The summed E-state index contributed by atoms with van der Waals surface area (Å²) in [6.45, 7) is 0. The third kappa shape index (κ3) is 3.33. The van der Waals surface area contributed by atoms with Crippen LogP contribution in [-0.4, -0.2) is 13.1 Å². The topological polar surface area (TPSA) is 26.3 Å². The van der Waals surface area contributed by atoms with Crippen LogP contribution in [0.5, 0.6) is 0 Å². The Morgan fingerprint density at radius 2 is 1.92 bits per heavy atom. The molecule has 4 heteroatoms. The highest BCUT2D eigenvalue weighted by Gasteiger charge is 2.02. The van der Waals surface area contributed by atoms with E-state index in [-0.39, 0.29) is 15.9 Å². The molecule has 0 saturated carbocycles. The van der Waals surface area contributed by atoms with E-state index in [1.54, 1.807) is 24.3 Å². The lowest BCUT2D eigenvalue weighted by Gasteiger charge is -1.99. The molecule has 2 nitrogen and oxygen atoms in total. The maximum atomic E-state index is 11.0. The molecular formula is C9H12ClO2P. The molecule has 0 spiro atoms. The molecule has 13 heavy (non-hydrogen) atoms. The Kier molecular flexibility index (Phi) is 5.68. The first-order valence-corrected chi connectivity index (χ1v) is 4.04. The molecule has 0 saturated heterocycles. The van der Waals surface area contributed by atoms with E-state index in [1.165, 1.54) is 7.11 Å². The van der Waals surface area contributed by atoms with E-state index in [9.17, 15) is 4.79 Å². The van der Waals surface area contributed by atoms with E-state index in [1.807, 2.05) is 0 Å². The van der Waals surface area contributed by atoms with Crippen molar-refractivity contribution in [3.63, 3.8) is 0 Å². The van der Waals surface area contributed by atoms with E-state index in [2.05, 4.69) is 4.74 Å². The molecule has 0 bridgehead atoms. The van der Waals surface area contributed by atoms with Gasteiger partial charge in [0.05, 0.1) is 12.7 Å². The molecule has 1 rings (SSSR count). The molecule has 1 unspecified atom stereocenters. The summed E-state index contributed by atoms with van der Waals surface area (Å²) < 4.78 is 4.54. The van der Waals surface area contributed by atoms with Gasteiger partial charge in [-0.1, -0.05) is 12.1 Å². The number of benzene rings is 1. The van der Waals surface area contributed by atoms with Crippen LogP contribution in [0.4, 0.5) is 0 Å². The number of rotatable bonds is 2. The zero-order valence-electron chi connectivity index (χ0n) is 7.42. The second kappa shape index (κ2) is 5.95. The number of esters is 1. The monoisotopic (exact) mass is 218 g/mol. The molecular weight excluding hydrogens is 207 g/mol. The summed E-state index contributed by atoms with van der Waals surface area (Å²) in [4.78, 5) is 11.0. The molecule has 72 valence electrons. The fourth-order valence-corrected chi connectivity index (χ4v) is 1.03. The van der Waals surface area contributed by atoms with Gasteiger partial charge in [-0.05, 0) is 17.7 Å². The minimum absolute atomic E-state index is 0. The maximum absolute atomic E-state index is 11.0. The highest BCUT2D eigenvalue weighted by molar-refractivity contribution is 6.92. The van der Waals surface area contributed by atoms with Crippen LogP contribution in [0.1, 0.15) is 15.9 Å². The Morgan fingerprint density at radius 3 is 2.31 bits per heavy atom. The smallest absolute Gasteiger partial charge is 0.337 e. The highest BCUT2D eigenvalue weighted by atomic mass is 35.5. The Balaban J connectivity index is 0.00000144. The standard InChI is InChI=1S/C9H9ClO2.H3P/c1-12-9(11)8-4-2-7(6-10)3-5-8;/h2-5H,6H2,1H3;1H3.